The average molecular weight is 193 g/mol. The number of benzene rings is 1. The Bertz CT molecular complexity index is 294. The number of hydrogen-bond donors (Lipinski definition) is 1. The number of anilines is 1. The summed E-state index contributed by atoms with van der Waals surface area (Å²) in [6.45, 7) is 7.17. The van der Waals surface area contributed by atoms with Crippen molar-refractivity contribution in [1.82, 2.24) is 0 Å². The fourth-order valence-corrected chi connectivity index (χ4v) is 1.46. The molecule has 0 heterocycles. The Morgan fingerprint density at radius 2 is 1.93 bits per heavy atom. The molecular weight excluding hydrogens is 174 g/mol. The third kappa shape index (κ3) is 2.26. The highest BCUT2D eigenvalue weighted by molar-refractivity contribution is 5.53. The highest BCUT2D eigenvalue weighted by Gasteiger charge is 2.21. The van der Waals surface area contributed by atoms with Gasteiger partial charge in [0.15, 0.2) is 0 Å². The molecule has 0 aliphatic heterocycles. The Morgan fingerprint density at radius 1 is 1.29 bits per heavy atom. The molecule has 1 aromatic carbocycles. The van der Waals surface area contributed by atoms with E-state index in [1.54, 1.807) is 7.11 Å². The van der Waals surface area contributed by atoms with Gasteiger partial charge in [0.05, 0.1) is 5.60 Å². The topological polar surface area (TPSA) is 21.3 Å². The predicted molar refractivity (Wildman–Crippen MR) is 60.6 cm³/mol. The van der Waals surface area contributed by atoms with Gasteiger partial charge in [-0.1, -0.05) is 18.2 Å². The van der Waals surface area contributed by atoms with Crippen molar-refractivity contribution in [2.45, 2.75) is 26.4 Å². The van der Waals surface area contributed by atoms with E-state index in [2.05, 4.69) is 38.2 Å². The first-order valence-corrected chi connectivity index (χ1v) is 5.00. The Kier molecular flexibility index (Phi) is 3.53. The molecule has 0 fully saturated rings. The summed E-state index contributed by atoms with van der Waals surface area (Å²) in [6, 6.07) is 8.26. The predicted octanol–water partition coefficient (Wildman–Crippen LogP) is 3.00. The summed E-state index contributed by atoms with van der Waals surface area (Å²) in [6.07, 6.45) is 0. The van der Waals surface area contributed by atoms with Crippen LogP contribution in [0.5, 0.6) is 0 Å². The van der Waals surface area contributed by atoms with Crippen molar-refractivity contribution >= 4 is 5.69 Å². The molecule has 1 N–H and O–H groups in total. The first-order chi connectivity index (χ1) is 6.61. The van der Waals surface area contributed by atoms with Crippen molar-refractivity contribution in [2.75, 3.05) is 19.0 Å². The third-order valence-corrected chi connectivity index (χ3v) is 2.45. The molecule has 0 aliphatic carbocycles. The largest absolute Gasteiger partial charge is 0.385 e. The molecule has 0 spiro atoms. The molecule has 0 aliphatic rings. The van der Waals surface area contributed by atoms with Gasteiger partial charge in [-0.15, -0.1) is 0 Å². The van der Waals surface area contributed by atoms with Crippen molar-refractivity contribution in [3.63, 3.8) is 0 Å². The fraction of sp³-hybridized carbons (Fsp3) is 0.500. The van der Waals surface area contributed by atoms with E-state index < -0.39 is 0 Å². The Balaban J connectivity index is 3.06. The van der Waals surface area contributed by atoms with Crippen LogP contribution in [0.25, 0.3) is 0 Å². The van der Waals surface area contributed by atoms with Crippen molar-refractivity contribution < 1.29 is 4.74 Å². The van der Waals surface area contributed by atoms with Crippen LogP contribution in [-0.2, 0) is 10.3 Å². The number of rotatable bonds is 4. The van der Waals surface area contributed by atoms with Gasteiger partial charge < -0.3 is 10.1 Å². The van der Waals surface area contributed by atoms with Crippen LogP contribution in [0, 0.1) is 0 Å². The molecule has 0 aromatic heterocycles. The quantitative estimate of drug-likeness (QED) is 0.793. The summed E-state index contributed by atoms with van der Waals surface area (Å²) in [5.41, 5.74) is 2.12. The summed E-state index contributed by atoms with van der Waals surface area (Å²) in [5, 5.41) is 3.34. The van der Waals surface area contributed by atoms with Gasteiger partial charge >= 0.3 is 0 Å². The first-order valence-electron chi connectivity index (χ1n) is 5.00. The Morgan fingerprint density at radius 3 is 2.50 bits per heavy atom. The summed E-state index contributed by atoms with van der Waals surface area (Å²) in [4.78, 5) is 0. The van der Waals surface area contributed by atoms with Gasteiger partial charge in [0.25, 0.3) is 0 Å². The molecule has 0 radical (unpaired) electrons. The van der Waals surface area contributed by atoms with E-state index in [1.165, 1.54) is 5.56 Å². The van der Waals surface area contributed by atoms with Gasteiger partial charge in [-0.3, -0.25) is 0 Å². The average Bonchev–Trinajstić information content (AvgIpc) is 2.19. The SMILES string of the molecule is CCNc1ccccc1C(C)(C)OC. The summed E-state index contributed by atoms with van der Waals surface area (Å²) < 4.78 is 5.47. The molecular formula is C12H19NO. The van der Waals surface area contributed by atoms with E-state index >= 15 is 0 Å². The van der Waals surface area contributed by atoms with Crippen LogP contribution in [0.2, 0.25) is 0 Å². The number of nitrogens with one attached hydrogen (secondary N) is 1. The summed E-state index contributed by atoms with van der Waals surface area (Å²) >= 11 is 0. The maximum atomic E-state index is 5.47. The molecule has 2 nitrogen and oxygen atoms in total. The van der Waals surface area contributed by atoms with Crippen molar-refractivity contribution in [1.29, 1.82) is 0 Å². The van der Waals surface area contributed by atoms with E-state index in [4.69, 9.17) is 4.74 Å². The van der Waals surface area contributed by atoms with Crippen LogP contribution in [0.15, 0.2) is 24.3 Å². The van der Waals surface area contributed by atoms with Crippen LogP contribution in [0.4, 0.5) is 5.69 Å². The fourth-order valence-electron chi connectivity index (χ4n) is 1.46. The molecule has 1 aromatic rings. The zero-order valence-electron chi connectivity index (χ0n) is 9.42. The Labute approximate surface area is 86.3 Å². The molecule has 2 heteroatoms. The van der Waals surface area contributed by atoms with Gasteiger partial charge in [-0.2, -0.15) is 0 Å². The maximum Gasteiger partial charge on any atom is 0.0891 e. The zero-order chi connectivity index (χ0) is 10.6. The number of ether oxygens (including phenoxy) is 1. The van der Waals surface area contributed by atoms with Crippen LogP contribution in [0.1, 0.15) is 26.3 Å². The first kappa shape index (κ1) is 11.1. The van der Waals surface area contributed by atoms with Crippen molar-refractivity contribution in [3.05, 3.63) is 29.8 Å². The standard InChI is InChI=1S/C12H19NO/c1-5-13-11-9-7-6-8-10(11)12(2,3)14-4/h6-9,13H,5H2,1-4H3. The molecule has 78 valence electrons. The monoisotopic (exact) mass is 193 g/mol. The zero-order valence-corrected chi connectivity index (χ0v) is 9.42. The minimum atomic E-state index is -0.237. The molecule has 0 bridgehead atoms. The third-order valence-electron chi connectivity index (χ3n) is 2.45. The molecule has 0 unspecified atom stereocenters. The summed E-state index contributed by atoms with van der Waals surface area (Å²) in [7, 11) is 1.74. The Hall–Kier alpha value is -1.02. The lowest BCUT2D eigenvalue weighted by Gasteiger charge is -2.26. The van der Waals surface area contributed by atoms with E-state index in [0.29, 0.717) is 0 Å². The van der Waals surface area contributed by atoms with Crippen LogP contribution >= 0.6 is 0 Å². The van der Waals surface area contributed by atoms with E-state index in [0.717, 1.165) is 12.2 Å². The second-order valence-corrected chi connectivity index (χ2v) is 3.79. The lowest BCUT2D eigenvalue weighted by Crippen LogP contribution is -2.21. The normalized spacial score (nSPS) is 11.4. The highest BCUT2D eigenvalue weighted by atomic mass is 16.5. The minimum absolute atomic E-state index is 0.237. The van der Waals surface area contributed by atoms with Crippen molar-refractivity contribution in [3.8, 4) is 0 Å². The number of hydrogen-bond acceptors (Lipinski definition) is 2. The number of para-hydroxylation sites is 1. The molecule has 0 atom stereocenters. The lowest BCUT2D eigenvalue weighted by molar-refractivity contribution is 0.0198. The van der Waals surface area contributed by atoms with Gasteiger partial charge in [-0.05, 0) is 26.8 Å². The molecule has 0 amide bonds. The maximum absolute atomic E-state index is 5.47. The van der Waals surface area contributed by atoms with Gasteiger partial charge in [-0.25, -0.2) is 0 Å². The van der Waals surface area contributed by atoms with Crippen LogP contribution < -0.4 is 5.32 Å². The lowest BCUT2D eigenvalue weighted by atomic mass is 9.96. The van der Waals surface area contributed by atoms with Gasteiger partial charge in [0.2, 0.25) is 0 Å². The molecule has 1 rings (SSSR count). The summed E-state index contributed by atoms with van der Waals surface area (Å²) in [5.74, 6) is 0. The van der Waals surface area contributed by atoms with E-state index in [-0.39, 0.29) is 5.60 Å². The van der Waals surface area contributed by atoms with Crippen molar-refractivity contribution in [2.24, 2.45) is 0 Å². The van der Waals surface area contributed by atoms with Gasteiger partial charge in [0.1, 0.15) is 0 Å². The van der Waals surface area contributed by atoms with E-state index in [9.17, 15) is 0 Å². The second kappa shape index (κ2) is 4.47. The molecule has 0 saturated carbocycles. The number of methoxy groups -OCH3 is 1. The molecule has 0 saturated heterocycles. The van der Waals surface area contributed by atoms with Crippen LogP contribution in [0.3, 0.4) is 0 Å². The molecule has 14 heavy (non-hydrogen) atoms. The minimum Gasteiger partial charge on any atom is -0.385 e. The van der Waals surface area contributed by atoms with Gasteiger partial charge in [0, 0.05) is 24.9 Å². The smallest absolute Gasteiger partial charge is 0.0891 e. The second-order valence-electron chi connectivity index (χ2n) is 3.79. The van der Waals surface area contributed by atoms with E-state index in [1.807, 2.05) is 12.1 Å². The van der Waals surface area contributed by atoms with Crippen LogP contribution in [-0.4, -0.2) is 13.7 Å². The highest BCUT2D eigenvalue weighted by Crippen LogP contribution is 2.30.